The minimum Gasteiger partial charge on any atom is -0.369 e. The van der Waals surface area contributed by atoms with Gasteiger partial charge in [-0.15, -0.1) is 0 Å². The van der Waals surface area contributed by atoms with Crippen molar-refractivity contribution in [2.75, 3.05) is 43.4 Å². The molecule has 3 aromatic carbocycles. The number of anilines is 2. The molecule has 1 amide bonds. The number of nitro groups is 1. The molecule has 2 aliphatic rings. The third-order valence-electron chi connectivity index (χ3n) is 7.14. The van der Waals surface area contributed by atoms with E-state index in [2.05, 4.69) is 45.3 Å². The molecule has 10 heteroatoms. The van der Waals surface area contributed by atoms with Gasteiger partial charge in [0.25, 0.3) is 5.69 Å². The van der Waals surface area contributed by atoms with Gasteiger partial charge in [0.05, 0.1) is 27.4 Å². The maximum atomic E-state index is 11.6. The molecule has 0 spiro atoms. The summed E-state index contributed by atoms with van der Waals surface area (Å²) >= 11 is 0. The van der Waals surface area contributed by atoms with Gasteiger partial charge in [-0.2, -0.15) is 0 Å². The van der Waals surface area contributed by atoms with Crippen LogP contribution in [0.4, 0.5) is 22.7 Å². The Morgan fingerprint density at radius 3 is 2.58 bits per heavy atom. The lowest BCUT2D eigenvalue weighted by molar-refractivity contribution is -0.383. The van der Waals surface area contributed by atoms with Gasteiger partial charge in [0.1, 0.15) is 11.5 Å². The van der Waals surface area contributed by atoms with Crippen LogP contribution in [0.1, 0.15) is 18.1 Å². The van der Waals surface area contributed by atoms with E-state index >= 15 is 0 Å². The summed E-state index contributed by atoms with van der Waals surface area (Å²) in [5.41, 5.74) is 7.32. The Balaban J connectivity index is 1.27. The Morgan fingerprint density at radius 2 is 1.82 bits per heavy atom. The number of amides is 1. The van der Waals surface area contributed by atoms with Crippen LogP contribution < -0.4 is 10.2 Å². The number of hydrogen-bond acceptors (Lipinski definition) is 7. The van der Waals surface area contributed by atoms with Crippen LogP contribution in [0.15, 0.2) is 59.6 Å². The minimum absolute atomic E-state index is 0.157. The smallest absolute Gasteiger partial charge is 0.293 e. The van der Waals surface area contributed by atoms with Crippen molar-refractivity contribution in [3.8, 4) is 11.4 Å². The Bertz CT molecular complexity index is 1620. The molecule has 1 aromatic heterocycles. The first-order valence-electron chi connectivity index (χ1n) is 12.5. The molecule has 1 fully saturated rings. The summed E-state index contributed by atoms with van der Waals surface area (Å²) in [5, 5.41) is 14.1. The van der Waals surface area contributed by atoms with Crippen LogP contribution in [0.5, 0.6) is 0 Å². The molecule has 0 unspecified atom stereocenters. The maximum Gasteiger partial charge on any atom is 0.293 e. The van der Waals surface area contributed by atoms with Crippen molar-refractivity contribution in [2.45, 2.75) is 13.3 Å². The summed E-state index contributed by atoms with van der Waals surface area (Å²) in [5.74, 6) is 0.414. The number of likely N-dealkylation sites (N-methyl/N-ethyl adjacent to an activating group) is 1. The van der Waals surface area contributed by atoms with Crippen molar-refractivity contribution in [3.63, 3.8) is 0 Å². The van der Waals surface area contributed by atoms with E-state index < -0.39 is 4.92 Å². The number of nitrogens with one attached hydrogen (secondary N) is 2. The normalized spacial score (nSPS) is 15.4. The first kappa shape index (κ1) is 23.8. The molecule has 4 aromatic rings. The lowest BCUT2D eigenvalue weighted by Gasteiger charge is -2.34. The van der Waals surface area contributed by atoms with Crippen LogP contribution in [0.25, 0.3) is 22.4 Å². The molecule has 2 aliphatic heterocycles. The number of carbonyl (C=O) groups excluding carboxylic acids is 1. The van der Waals surface area contributed by atoms with E-state index in [9.17, 15) is 14.9 Å². The SMILES string of the molecule is CC(=O)Nc1ccc(C2=Nc3cc(-c4nc5ccc(N6CCN(C)CC6)cc5[nH]4)ccc3C2)cc1[N+](=O)[O-]. The molecule has 0 aliphatic carbocycles. The van der Waals surface area contributed by atoms with Gasteiger partial charge in [-0.05, 0) is 42.9 Å². The lowest BCUT2D eigenvalue weighted by Crippen LogP contribution is -2.44. The molecule has 0 atom stereocenters. The second kappa shape index (κ2) is 9.38. The Hall–Kier alpha value is -4.57. The molecule has 10 nitrogen and oxygen atoms in total. The zero-order valence-electron chi connectivity index (χ0n) is 21.2. The van der Waals surface area contributed by atoms with Gasteiger partial charge in [-0.3, -0.25) is 19.9 Å². The highest BCUT2D eigenvalue weighted by Gasteiger charge is 2.22. The summed E-state index contributed by atoms with van der Waals surface area (Å²) in [7, 11) is 2.15. The topological polar surface area (TPSA) is 120 Å². The summed E-state index contributed by atoms with van der Waals surface area (Å²) in [6.45, 7) is 5.44. The van der Waals surface area contributed by atoms with Crippen molar-refractivity contribution in [1.82, 2.24) is 14.9 Å². The van der Waals surface area contributed by atoms with Gasteiger partial charge in [-0.1, -0.05) is 18.2 Å². The van der Waals surface area contributed by atoms with Gasteiger partial charge < -0.3 is 20.1 Å². The fraction of sp³-hybridized carbons (Fsp3) is 0.250. The van der Waals surface area contributed by atoms with E-state index in [4.69, 9.17) is 9.98 Å². The third kappa shape index (κ3) is 4.50. The van der Waals surface area contributed by atoms with Gasteiger partial charge in [0.15, 0.2) is 0 Å². The first-order chi connectivity index (χ1) is 18.3. The summed E-state index contributed by atoms with van der Waals surface area (Å²) < 4.78 is 0. The molecule has 1 saturated heterocycles. The van der Waals surface area contributed by atoms with Crippen molar-refractivity contribution in [3.05, 3.63) is 75.8 Å². The second-order valence-electron chi connectivity index (χ2n) is 9.83. The maximum absolute atomic E-state index is 11.6. The molecule has 192 valence electrons. The van der Waals surface area contributed by atoms with E-state index in [1.165, 1.54) is 18.7 Å². The highest BCUT2D eigenvalue weighted by molar-refractivity contribution is 6.08. The molecule has 0 bridgehead atoms. The first-order valence-corrected chi connectivity index (χ1v) is 12.5. The summed E-state index contributed by atoms with van der Waals surface area (Å²) in [4.78, 5) is 40.3. The Labute approximate surface area is 219 Å². The number of aliphatic imine (C=N–C) groups is 1. The van der Waals surface area contributed by atoms with Crippen LogP contribution in [0, 0.1) is 10.1 Å². The largest absolute Gasteiger partial charge is 0.369 e. The van der Waals surface area contributed by atoms with E-state index in [1.807, 2.05) is 18.2 Å². The van der Waals surface area contributed by atoms with Crippen LogP contribution in [-0.4, -0.2) is 64.6 Å². The quantitative estimate of drug-likeness (QED) is 0.301. The second-order valence-corrected chi connectivity index (χ2v) is 9.83. The number of aromatic amines is 1. The molecule has 38 heavy (non-hydrogen) atoms. The number of nitrogens with zero attached hydrogens (tertiary/aromatic N) is 5. The fourth-order valence-corrected chi connectivity index (χ4v) is 5.05. The van der Waals surface area contributed by atoms with Gasteiger partial charge in [0, 0.05) is 62.4 Å². The number of aromatic nitrogens is 2. The number of benzene rings is 3. The third-order valence-corrected chi connectivity index (χ3v) is 7.14. The number of piperazine rings is 1. The van der Waals surface area contributed by atoms with E-state index in [-0.39, 0.29) is 17.3 Å². The van der Waals surface area contributed by atoms with E-state index in [0.29, 0.717) is 12.0 Å². The number of rotatable bonds is 5. The standard InChI is InChI=1S/C28H27N7O3/c1-17(36)29-23-7-5-19(15-27(23)35(37)38)24-13-18-3-4-20(14-25(18)30-24)28-31-22-8-6-21(16-26(22)32-28)34-11-9-33(2)10-12-34/h3-8,14-16H,9-13H2,1-2H3,(H,29,36)(H,31,32). The average Bonchev–Trinajstić information content (AvgIpc) is 3.52. The van der Waals surface area contributed by atoms with Crippen LogP contribution in [0.3, 0.4) is 0 Å². The van der Waals surface area contributed by atoms with Gasteiger partial charge in [0.2, 0.25) is 5.91 Å². The predicted molar refractivity (Wildman–Crippen MR) is 149 cm³/mol. The van der Waals surface area contributed by atoms with E-state index in [1.54, 1.807) is 12.1 Å². The highest BCUT2D eigenvalue weighted by Crippen LogP contribution is 2.35. The number of H-pyrrole nitrogens is 1. The zero-order chi connectivity index (χ0) is 26.4. The van der Waals surface area contributed by atoms with Crippen LogP contribution in [0.2, 0.25) is 0 Å². The molecule has 0 radical (unpaired) electrons. The average molecular weight is 510 g/mol. The van der Waals surface area contributed by atoms with Gasteiger partial charge >= 0.3 is 0 Å². The molecule has 6 rings (SSSR count). The summed E-state index contributed by atoms with van der Waals surface area (Å²) in [6.07, 6.45) is 0.570. The zero-order valence-corrected chi connectivity index (χ0v) is 21.2. The fourth-order valence-electron chi connectivity index (χ4n) is 5.05. The monoisotopic (exact) mass is 509 g/mol. The minimum atomic E-state index is -0.494. The van der Waals surface area contributed by atoms with E-state index in [0.717, 1.165) is 65.6 Å². The predicted octanol–water partition coefficient (Wildman–Crippen LogP) is 4.53. The van der Waals surface area contributed by atoms with Crippen molar-refractivity contribution >= 4 is 45.4 Å². The molecule has 0 saturated carbocycles. The molecule has 2 N–H and O–H groups in total. The lowest BCUT2D eigenvalue weighted by atomic mass is 10.0. The highest BCUT2D eigenvalue weighted by atomic mass is 16.6. The van der Waals surface area contributed by atoms with Crippen molar-refractivity contribution in [2.24, 2.45) is 4.99 Å². The number of carbonyl (C=O) groups is 1. The number of nitro benzene ring substituents is 1. The summed E-state index contributed by atoms with van der Waals surface area (Å²) in [6, 6.07) is 17.2. The number of hydrogen-bond donors (Lipinski definition) is 2. The van der Waals surface area contributed by atoms with Gasteiger partial charge in [-0.25, -0.2) is 4.98 Å². The Morgan fingerprint density at radius 1 is 1.03 bits per heavy atom. The van der Waals surface area contributed by atoms with Crippen molar-refractivity contribution in [1.29, 1.82) is 0 Å². The molecule has 3 heterocycles. The van der Waals surface area contributed by atoms with Crippen LogP contribution >= 0.6 is 0 Å². The van der Waals surface area contributed by atoms with Crippen LogP contribution in [-0.2, 0) is 11.2 Å². The molecular weight excluding hydrogens is 482 g/mol. The Kier molecular flexibility index (Phi) is 5.88. The molecular formula is C28H27N7O3. The number of imidazole rings is 1. The van der Waals surface area contributed by atoms with Crippen molar-refractivity contribution < 1.29 is 9.72 Å². The number of fused-ring (bicyclic) bond motifs is 2.